The Labute approximate surface area is 140 Å². The van der Waals surface area contributed by atoms with Crippen LogP contribution in [0.1, 0.15) is 11.1 Å². The zero-order valence-electron chi connectivity index (χ0n) is 12.7. The molecular weight excluding hydrogens is 298 g/mol. The van der Waals surface area contributed by atoms with Crippen LogP contribution in [-0.4, -0.2) is 0 Å². The summed E-state index contributed by atoms with van der Waals surface area (Å²) in [4.78, 5) is 0. The van der Waals surface area contributed by atoms with Gasteiger partial charge in [-0.15, -0.1) is 0 Å². The lowest BCUT2D eigenvalue weighted by atomic mass is 9.95. The maximum atomic E-state index is 9.48. The zero-order valence-corrected chi connectivity index (χ0v) is 12.7. The molecule has 0 fully saturated rings. The molecule has 3 aromatic carbocycles. The molecule has 114 valence electrons. The van der Waals surface area contributed by atoms with Crippen LogP contribution in [0.15, 0.2) is 66.7 Å². The molecule has 0 saturated carbocycles. The van der Waals surface area contributed by atoms with E-state index in [0.717, 1.165) is 5.56 Å². The molecule has 3 aromatic rings. The highest BCUT2D eigenvalue weighted by atomic mass is 16.5. The van der Waals surface area contributed by atoms with Gasteiger partial charge in [-0.1, -0.05) is 48.5 Å². The highest BCUT2D eigenvalue weighted by molar-refractivity contribution is 5.83. The molecule has 0 amide bonds. The van der Waals surface area contributed by atoms with E-state index in [1.54, 1.807) is 18.2 Å². The normalized spacial score (nSPS) is 9.75. The molecule has 0 aromatic heterocycles. The van der Waals surface area contributed by atoms with E-state index >= 15 is 0 Å². The summed E-state index contributed by atoms with van der Waals surface area (Å²) in [6.07, 6.45) is 0. The molecule has 0 saturated heterocycles. The van der Waals surface area contributed by atoms with Crippen LogP contribution in [-0.2, 0) is 0 Å². The third kappa shape index (κ3) is 2.77. The van der Waals surface area contributed by atoms with Crippen LogP contribution in [0.3, 0.4) is 0 Å². The summed E-state index contributed by atoms with van der Waals surface area (Å²) in [7, 11) is 0. The van der Waals surface area contributed by atoms with Crippen LogP contribution in [0, 0.1) is 22.7 Å². The Bertz CT molecular complexity index is 952. The fraction of sp³-hybridized carbons (Fsp3) is 0. The number of nitrogens with zero attached hydrogens (tertiary/aromatic N) is 2. The van der Waals surface area contributed by atoms with Crippen molar-refractivity contribution >= 4 is 5.69 Å². The summed E-state index contributed by atoms with van der Waals surface area (Å²) in [6.45, 7) is 0. The maximum Gasteiger partial charge on any atom is 0.148 e. The summed E-state index contributed by atoms with van der Waals surface area (Å²) in [5.41, 5.74) is 8.12. The van der Waals surface area contributed by atoms with Crippen LogP contribution < -0.4 is 10.5 Å². The molecule has 0 spiro atoms. The number of anilines is 1. The Balaban J connectivity index is 2.21. The molecule has 4 nitrogen and oxygen atoms in total. The molecule has 0 atom stereocenters. The number of hydrogen-bond donors (Lipinski definition) is 1. The van der Waals surface area contributed by atoms with E-state index in [-0.39, 0.29) is 16.8 Å². The summed E-state index contributed by atoms with van der Waals surface area (Å²) < 4.78 is 5.83. The van der Waals surface area contributed by atoms with Crippen molar-refractivity contribution in [1.29, 1.82) is 10.5 Å². The molecule has 0 aliphatic carbocycles. The van der Waals surface area contributed by atoms with Crippen molar-refractivity contribution in [2.75, 3.05) is 5.73 Å². The second-order valence-corrected chi connectivity index (χ2v) is 5.09. The van der Waals surface area contributed by atoms with Crippen molar-refractivity contribution in [3.8, 4) is 34.8 Å². The smallest absolute Gasteiger partial charge is 0.148 e. The summed E-state index contributed by atoms with van der Waals surface area (Å²) in [5, 5.41) is 18.9. The second-order valence-electron chi connectivity index (χ2n) is 5.09. The number of ether oxygens (including phenoxy) is 1. The molecule has 0 bridgehead atoms. The Morgan fingerprint density at radius 3 is 1.96 bits per heavy atom. The van der Waals surface area contributed by atoms with Gasteiger partial charge >= 0.3 is 0 Å². The minimum Gasteiger partial charge on any atom is -0.456 e. The van der Waals surface area contributed by atoms with E-state index in [9.17, 15) is 10.5 Å². The van der Waals surface area contributed by atoms with Crippen molar-refractivity contribution in [2.24, 2.45) is 0 Å². The van der Waals surface area contributed by atoms with Gasteiger partial charge in [-0.05, 0) is 23.8 Å². The molecule has 0 aliphatic rings. The molecular formula is C20H13N3O. The number of hydrogen-bond acceptors (Lipinski definition) is 4. The van der Waals surface area contributed by atoms with E-state index in [2.05, 4.69) is 6.07 Å². The first-order valence-electron chi connectivity index (χ1n) is 7.29. The third-order valence-corrected chi connectivity index (χ3v) is 3.61. The summed E-state index contributed by atoms with van der Waals surface area (Å²) in [6, 6.07) is 24.4. The van der Waals surface area contributed by atoms with Crippen molar-refractivity contribution in [3.05, 3.63) is 77.9 Å². The molecule has 2 N–H and O–H groups in total. The SMILES string of the molecule is N#Cc1c(Oc2ccccc2)cc(-c2ccccc2)c(C#N)c1N. The van der Waals surface area contributed by atoms with Gasteiger partial charge in [0.1, 0.15) is 29.2 Å². The maximum absolute atomic E-state index is 9.48. The first-order chi connectivity index (χ1) is 11.7. The van der Waals surface area contributed by atoms with E-state index in [1.807, 2.05) is 54.6 Å². The van der Waals surface area contributed by atoms with Gasteiger partial charge in [-0.3, -0.25) is 0 Å². The molecule has 24 heavy (non-hydrogen) atoms. The minimum absolute atomic E-state index is 0.132. The minimum atomic E-state index is 0.132. The quantitative estimate of drug-likeness (QED) is 0.723. The largest absolute Gasteiger partial charge is 0.456 e. The predicted molar refractivity (Wildman–Crippen MR) is 92.2 cm³/mol. The van der Waals surface area contributed by atoms with Gasteiger partial charge in [0.05, 0.1) is 11.3 Å². The lowest BCUT2D eigenvalue weighted by Gasteiger charge is -2.14. The van der Waals surface area contributed by atoms with E-state index in [0.29, 0.717) is 17.1 Å². The fourth-order valence-corrected chi connectivity index (χ4v) is 2.46. The van der Waals surface area contributed by atoms with Crippen molar-refractivity contribution in [2.45, 2.75) is 0 Å². The Kier molecular flexibility index (Phi) is 4.14. The molecule has 0 unspecified atom stereocenters. The Morgan fingerprint density at radius 1 is 0.792 bits per heavy atom. The van der Waals surface area contributed by atoms with Gasteiger partial charge in [-0.25, -0.2) is 0 Å². The summed E-state index contributed by atoms with van der Waals surface area (Å²) in [5.74, 6) is 0.927. The van der Waals surface area contributed by atoms with E-state index in [1.165, 1.54) is 0 Å². The average molecular weight is 311 g/mol. The monoisotopic (exact) mass is 311 g/mol. The van der Waals surface area contributed by atoms with Gasteiger partial charge in [0.2, 0.25) is 0 Å². The van der Waals surface area contributed by atoms with Crippen LogP contribution in [0.4, 0.5) is 5.69 Å². The zero-order chi connectivity index (χ0) is 16.9. The number of para-hydroxylation sites is 1. The standard InChI is InChI=1S/C20H13N3O/c21-12-17-16(14-7-3-1-4-8-14)11-19(18(13-22)20(17)23)24-15-9-5-2-6-10-15/h1-11H,23H2. The van der Waals surface area contributed by atoms with Gasteiger partial charge in [0.25, 0.3) is 0 Å². The number of nitrogens with two attached hydrogens (primary N) is 1. The van der Waals surface area contributed by atoms with Gasteiger partial charge in [-0.2, -0.15) is 10.5 Å². The van der Waals surface area contributed by atoms with Gasteiger partial charge in [0, 0.05) is 5.56 Å². The van der Waals surface area contributed by atoms with Crippen molar-refractivity contribution in [1.82, 2.24) is 0 Å². The highest BCUT2D eigenvalue weighted by Gasteiger charge is 2.18. The average Bonchev–Trinajstić information content (AvgIpc) is 2.63. The molecule has 0 heterocycles. The second kappa shape index (κ2) is 6.56. The summed E-state index contributed by atoms with van der Waals surface area (Å²) >= 11 is 0. The van der Waals surface area contributed by atoms with Gasteiger partial charge in [0.15, 0.2) is 0 Å². The fourth-order valence-electron chi connectivity index (χ4n) is 2.46. The third-order valence-electron chi connectivity index (χ3n) is 3.61. The van der Waals surface area contributed by atoms with Crippen LogP contribution in [0.2, 0.25) is 0 Å². The Hall–Kier alpha value is -3.76. The van der Waals surface area contributed by atoms with E-state index < -0.39 is 0 Å². The molecule has 4 heteroatoms. The first-order valence-corrected chi connectivity index (χ1v) is 7.29. The van der Waals surface area contributed by atoms with E-state index in [4.69, 9.17) is 10.5 Å². The number of nitrogen functional groups attached to an aromatic ring is 1. The van der Waals surface area contributed by atoms with Crippen LogP contribution in [0.25, 0.3) is 11.1 Å². The predicted octanol–water partition coefficient (Wildman–Crippen LogP) is 4.47. The molecule has 3 rings (SSSR count). The lowest BCUT2D eigenvalue weighted by Crippen LogP contribution is -2.01. The van der Waals surface area contributed by atoms with Crippen LogP contribution in [0.5, 0.6) is 11.5 Å². The Morgan fingerprint density at radius 2 is 1.38 bits per heavy atom. The van der Waals surface area contributed by atoms with Crippen molar-refractivity contribution in [3.63, 3.8) is 0 Å². The molecule has 0 aliphatic heterocycles. The highest BCUT2D eigenvalue weighted by Crippen LogP contribution is 2.37. The first kappa shape index (κ1) is 15.1. The van der Waals surface area contributed by atoms with Crippen LogP contribution >= 0.6 is 0 Å². The topological polar surface area (TPSA) is 82.8 Å². The van der Waals surface area contributed by atoms with Gasteiger partial charge < -0.3 is 10.5 Å². The van der Waals surface area contributed by atoms with Crippen molar-refractivity contribution < 1.29 is 4.74 Å². The number of benzene rings is 3. The molecule has 0 radical (unpaired) electrons. The number of rotatable bonds is 3. The number of nitriles is 2. The lowest BCUT2D eigenvalue weighted by molar-refractivity contribution is 0.481.